The van der Waals surface area contributed by atoms with Gasteiger partial charge in [0.05, 0.1) is 31.8 Å². The summed E-state index contributed by atoms with van der Waals surface area (Å²) in [5.41, 5.74) is 3.44. The third kappa shape index (κ3) is 6.22. The Bertz CT molecular complexity index is 1240. The van der Waals surface area contributed by atoms with E-state index in [2.05, 4.69) is 35.8 Å². The molecule has 0 spiro atoms. The van der Waals surface area contributed by atoms with Gasteiger partial charge in [-0.3, -0.25) is 0 Å². The Labute approximate surface area is 230 Å². The van der Waals surface area contributed by atoms with Gasteiger partial charge in [-0.2, -0.15) is 0 Å². The Morgan fingerprint density at radius 1 is 0.872 bits per heavy atom. The molecule has 0 atom stereocenters. The normalized spacial score (nSPS) is 18.5. The van der Waals surface area contributed by atoms with Crippen molar-refractivity contribution in [1.29, 1.82) is 0 Å². The van der Waals surface area contributed by atoms with Crippen molar-refractivity contribution in [2.75, 3.05) is 46.9 Å². The number of benzene rings is 2. The molecular formula is C31H42F2N4O2. The maximum Gasteiger partial charge on any atom is 0.256 e. The first-order chi connectivity index (χ1) is 18.9. The molecule has 2 fully saturated rings. The van der Waals surface area contributed by atoms with E-state index >= 15 is 0 Å². The summed E-state index contributed by atoms with van der Waals surface area (Å²) in [5, 5.41) is 0. The fourth-order valence-corrected chi connectivity index (χ4v) is 6.49. The lowest BCUT2D eigenvalue weighted by Gasteiger charge is -2.42. The SMILES string of the molecule is COc1ccc(-c2nc3ccc(C4CCN(C5CCN(CC(C)C)CC5)CC4)cc3n2CC(F)F)cc1OC. The van der Waals surface area contributed by atoms with Crippen molar-refractivity contribution in [3.8, 4) is 22.9 Å². The molecule has 3 heterocycles. The van der Waals surface area contributed by atoms with E-state index in [9.17, 15) is 8.78 Å². The maximum absolute atomic E-state index is 13.7. The highest BCUT2D eigenvalue weighted by Gasteiger charge is 2.29. The summed E-state index contributed by atoms with van der Waals surface area (Å²) in [5.74, 6) is 2.81. The molecule has 0 saturated carbocycles. The van der Waals surface area contributed by atoms with Crippen molar-refractivity contribution in [1.82, 2.24) is 19.4 Å². The maximum atomic E-state index is 13.7. The summed E-state index contributed by atoms with van der Waals surface area (Å²) in [7, 11) is 3.14. The van der Waals surface area contributed by atoms with Crippen LogP contribution < -0.4 is 9.47 Å². The van der Waals surface area contributed by atoms with Crippen LogP contribution in [0.4, 0.5) is 8.78 Å². The fraction of sp³-hybridized carbons (Fsp3) is 0.581. The largest absolute Gasteiger partial charge is 0.493 e. The average Bonchev–Trinajstić information content (AvgIpc) is 3.29. The molecule has 2 aliphatic rings. The summed E-state index contributed by atoms with van der Waals surface area (Å²) in [4.78, 5) is 10.1. The van der Waals surface area contributed by atoms with Crippen molar-refractivity contribution >= 4 is 11.0 Å². The van der Waals surface area contributed by atoms with Crippen molar-refractivity contribution in [3.63, 3.8) is 0 Å². The second-order valence-electron chi connectivity index (χ2n) is 11.5. The molecular weight excluding hydrogens is 498 g/mol. The van der Waals surface area contributed by atoms with Gasteiger partial charge in [-0.15, -0.1) is 0 Å². The number of likely N-dealkylation sites (tertiary alicyclic amines) is 2. The molecule has 0 amide bonds. The Hall–Kier alpha value is -2.71. The van der Waals surface area contributed by atoms with Crippen LogP contribution in [0.2, 0.25) is 0 Å². The molecule has 39 heavy (non-hydrogen) atoms. The van der Waals surface area contributed by atoms with Gasteiger partial charge in [0, 0.05) is 18.2 Å². The van der Waals surface area contributed by atoms with Crippen LogP contribution in [0, 0.1) is 5.92 Å². The van der Waals surface area contributed by atoms with Crippen LogP contribution in [0.5, 0.6) is 11.5 Å². The summed E-state index contributed by atoms with van der Waals surface area (Å²) in [6.45, 7) is 10.0. The topological polar surface area (TPSA) is 42.8 Å². The number of aromatic nitrogens is 2. The highest BCUT2D eigenvalue weighted by molar-refractivity contribution is 5.82. The van der Waals surface area contributed by atoms with Crippen molar-refractivity contribution in [2.45, 2.75) is 64.5 Å². The van der Waals surface area contributed by atoms with Gasteiger partial charge in [0.25, 0.3) is 6.43 Å². The number of piperidine rings is 2. The molecule has 0 radical (unpaired) electrons. The quantitative estimate of drug-likeness (QED) is 0.319. The fourth-order valence-electron chi connectivity index (χ4n) is 6.49. The third-order valence-corrected chi connectivity index (χ3v) is 8.43. The van der Waals surface area contributed by atoms with Crippen LogP contribution in [-0.4, -0.2) is 78.8 Å². The predicted octanol–water partition coefficient (Wildman–Crippen LogP) is 6.29. The summed E-state index contributed by atoms with van der Waals surface area (Å²) < 4.78 is 39.9. The van der Waals surface area contributed by atoms with E-state index in [4.69, 9.17) is 14.5 Å². The lowest BCUT2D eigenvalue weighted by Crippen LogP contribution is -2.48. The number of rotatable bonds is 9. The molecule has 6 nitrogen and oxygen atoms in total. The number of fused-ring (bicyclic) bond motifs is 1. The molecule has 5 rings (SSSR count). The van der Waals surface area contributed by atoms with Crippen molar-refractivity contribution in [2.24, 2.45) is 5.92 Å². The molecule has 0 aliphatic carbocycles. The molecule has 0 N–H and O–H groups in total. The van der Waals surface area contributed by atoms with E-state index in [1.807, 2.05) is 12.1 Å². The van der Waals surface area contributed by atoms with E-state index in [-0.39, 0.29) is 0 Å². The lowest BCUT2D eigenvalue weighted by atomic mass is 9.87. The Kier molecular flexibility index (Phi) is 8.72. The monoisotopic (exact) mass is 540 g/mol. The smallest absolute Gasteiger partial charge is 0.256 e. The highest BCUT2D eigenvalue weighted by atomic mass is 19.3. The Morgan fingerprint density at radius 3 is 2.23 bits per heavy atom. The van der Waals surface area contributed by atoms with Crippen LogP contribution in [0.15, 0.2) is 36.4 Å². The van der Waals surface area contributed by atoms with Gasteiger partial charge in [-0.25, -0.2) is 13.8 Å². The van der Waals surface area contributed by atoms with Gasteiger partial charge in [0.1, 0.15) is 5.82 Å². The Balaban J connectivity index is 1.33. The zero-order valence-corrected chi connectivity index (χ0v) is 23.7. The number of methoxy groups -OCH3 is 2. The first kappa shape index (κ1) is 27.8. The molecule has 2 aromatic carbocycles. The Morgan fingerprint density at radius 2 is 1.59 bits per heavy atom. The van der Waals surface area contributed by atoms with Gasteiger partial charge in [0.2, 0.25) is 0 Å². The first-order valence-corrected chi connectivity index (χ1v) is 14.3. The van der Waals surface area contributed by atoms with Crippen LogP contribution in [0.3, 0.4) is 0 Å². The third-order valence-electron chi connectivity index (χ3n) is 8.43. The van der Waals surface area contributed by atoms with Gasteiger partial charge in [-0.05, 0) is 99.6 Å². The zero-order valence-electron chi connectivity index (χ0n) is 23.7. The minimum Gasteiger partial charge on any atom is -0.493 e. The van der Waals surface area contributed by atoms with E-state index in [0.29, 0.717) is 29.3 Å². The molecule has 212 valence electrons. The van der Waals surface area contributed by atoms with Crippen LogP contribution >= 0.6 is 0 Å². The van der Waals surface area contributed by atoms with Crippen molar-refractivity contribution in [3.05, 3.63) is 42.0 Å². The summed E-state index contributed by atoms with van der Waals surface area (Å²) in [6, 6.07) is 12.3. The van der Waals surface area contributed by atoms with E-state index in [1.165, 1.54) is 38.0 Å². The minimum atomic E-state index is -2.49. The number of alkyl halides is 2. The van der Waals surface area contributed by atoms with Gasteiger partial charge < -0.3 is 23.8 Å². The molecule has 1 aromatic heterocycles. The number of hydrogen-bond donors (Lipinski definition) is 0. The van der Waals surface area contributed by atoms with E-state index < -0.39 is 13.0 Å². The predicted molar refractivity (Wildman–Crippen MR) is 152 cm³/mol. The summed E-state index contributed by atoms with van der Waals surface area (Å²) >= 11 is 0. The molecule has 0 bridgehead atoms. The standard InChI is InChI=1S/C31H42F2N4O2/c1-21(2)19-35-13-11-25(12-14-35)36-15-9-22(10-16-36)23-5-7-26-27(17-23)37(20-30(32)33)31(34-26)24-6-8-28(38-3)29(18-24)39-4/h5-8,17-18,21-22,25,30H,9-16,19-20H2,1-4H3. The minimum absolute atomic E-state index is 0.405. The molecule has 2 saturated heterocycles. The molecule has 0 unspecified atom stereocenters. The number of hydrogen-bond acceptors (Lipinski definition) is 5. The molecule has 2 aliphatic heterocycles. The molecule has 8 heteroatoms. The lowest BCUT2D eigenvalue weighted by molar-refractivity contribution is 0.0828. The number of imidazole rings is 1. The second-order valence-corrected chi connectivity index (χ2v) is 11.5. The van der Waals surface area contributed by atoms with Gasteiger partial charge in [0.15, 0.2) is 11.5 Å². The average molecular weight is 541 g/mol. The van der Waals surface area contributed by atoms with Crippen molar-refractivity contribution < 1.29 is 18.3 Å². The molecule has 3 aromatic rings. The second kappa shape index (κ2) is 12.2. The highest BCUT2D eigenvalue weighted by Crippen LogP contribution is 2.36. The van der Waals surface area contributed by atoms with E-state index in [0.717, 1.165) is 48.4 Å². The van der Waals surface area contributed by atoms with Crippen LogP contribution in [0.1, 0.15) is 51.0 Å². The zero-order chi connectivity index (χ0) is 27.5. The van der Waals surface area contributed by atoms with Gasteiger partial charge in [-0.1, -0.05) is 19.9 Å². The van der Waals surface area contributed by atoms with Crippen LogP contribution in [-0.2, 0) is 6.54 Å². The first-order valence-electron chi connectivity index (χ1n) is 14.3. The number of nitrogens with zero attached hydrogens (tertiary/aromatic N) is 4. The van der Waals surface area contributed by atoms with E-state index in [1.54, 1.807) is 30.9 Å². The van der Waals surface area contributed by atoms with Crippen LogP contribution in [0.25, 0.3) is 22.4 Å². The number of ether oxygens (including phenoxy) is 2. The number of halogens is 2. The van der Waals surface area contributed by atoms with Gasteiger partial charge >= 0.3 is 0 Å². The summed E-state index contributed by atoms with van der Waals surface area (Å²) in [6.07, 6.45) is 2.23.